The molecule has 1 aromatic heterocycles. The molecule has 3 rings (SSSR count). The fraction of sp³-hybridized carbons (Fsp3) is 0.529. The Morgan fingerprint density at radius 2 is 2.24 bits per heavy atom. The van der Waals surface area contributed by atoms with Gasteiger partial charge in [0.2, 0.25) is 0 Å². The number of rotatable bonds is 3. The molecule has 1 aliphatic carbocycles. The van der Waals surface area contributed by atoms with Gasteiger partial charge in [0.1, 0.15) is 11.3 Å². The largest absolute Gasteiger partial charge is 0.459 e. The Hall–Kier alpha value is -1.03. The second-order valence-corrected chi connectivity index (χ2v) is 6.72. The summed E-state index contributed by atoms with van der Waals surface area (Å²) < 4.78 is 11.8. The third kappa shape index (κ3) is 2.70. The summed E-state index contributed by atoms with van der Waals surface area (Å²) in [7, 11) is 1.76. The van der Waals surface area contributed by atoms with Crippen molar-refractivity contribution in [1.29, 1.82) is 0 Å². The van der Waals surface area contributed by atoms with Crippen molar-refractivity contribution in [3.63, 3.8) is 0 Å². The Kier molecular flexibility index (Phi) is 4.00. The van der Waals surface area contributed by atoms with Gasteiger partial charge < -0.3 is 14.9 Å². The molecule has 1 fully saturated rings. The summed E-state index contributed by atoms with van der Waals surface area (Å²) in [5.41, 5.74) is 7.02. The van der Waals surface area contributed by atoms with Gasteiger partial charge in [0, 0.05) is 17.5 Å². The highest BCUT2D eigenvalue weighted by Crippen LogP contribution is 2.43. The first kappa shape index (κ1) is 14.9. The molecule has 0 spiro atoms. The lowest BCUT2D eigenvalue weighted by atomic mass is 9.74. The lowest BCUT2D eigenvalue weighted by Crippen LogP contribution is -2.46. The standard InChI is InChI=1S/C17H22ClNO2/c1-11-4-3-7-17(10-11,20-2)16(19)15-9-12-8-13(18)5-6-14(12)21-15/h5-6,8-9,11,16H,3-4,7,10,19H2,1-2H3. The van der Waals surface area contributed by atoms with Gasteiger partial charge in [0.25, 0.3) is 0 Å². The fourth-order valence-corrected chi connectivity index (χ4v) is 3.77. The third-order valence-corrected chi connectivity index (χ3v) is 5.00. The van der Waals surface area contributed by atoms with Crippen LogP contribution in [0.15, 0.2) is 28.7 Å². The van der Waals surface area contributed by atoms with Crippen LogP contribution in [-0.4, -0.2) is 12.7 Å². The maximum atomic E-state index is 6.53. The van der Waals surface area contributed by atoms with Crippen molar-refractivity contribution < 1.29 is 9.15 Å². The number of benzene rings is 1. The number of hydrogen-bond donors (Lipinski definition) is 1. The van der Waals surface area contributed by atoms with E-state index in [0.29, 0.717) is 10.9 Å². The van der Waals surface area contributed by atoms with Gasteiger partial charge in [-0.15, -0.1) is 0 Å². The van der Waals surface area contributed by atoms with E-state index in [1.165, 1.54) is 6.42 Å². The van der Waals surface area contributed by atoms with Crippen molar-refractivity contribution in [3.05, 3.63) is 35.0 Å². The van der Waals surface area contributed by atoms with Crippen molar-refractivity contribution in [1.82, 2.24) is 0 Å². The van der Waals surface area contributed by atoms with E-state index in [1.807, 2.05) is 24.3 Å². The first-order chi connectivity index (χ1) is 10.0. The zero-order chi connectivity index (χ0) is 15.0. The number of methoxy groups -OCH3 is 1. The van der Waals surface area contributed by atoms with E-state index in [2.05, 4.69) is 6.92 Å². The highest BCUT2D eigenvalue weighted by Gasteiger charge is 2.42. The summed E-state index contributed by atoms with van der Waals surface area (Å²) in [5.74, 6) is 1.41. The van der Waals surface area contributed by atoms with E-state index >= 15 is 0 Å². The Bertz CT molecular complexity index is 639. The van der Waals surface area contributed by atoms with Gasteiger partial charge in [0.15, 0.2) is 0 Å². The molecule has 3 atom stereocenters. The molecular formula is C17H22ClNO2. The molecule has 0 bridgehead atoms. The number of fused-ring (bicyclic) bond motifs is 1. The fourth-order valence-electron chi connectivity index (χ4n) is 3.59. The number of nitrogens with two attached hydrogens (primary N) is 1. The van der Waals surface area contributed by atoms with E-state index in [1.54, 1.807) is 7.11 Å². The van der Waals surface area contributed by atoms with Gasteiger partial charge in [0.05, 0.1) is 11.6 Å². The Morgan fingerprint density at radius 3 is 2.95 bits per heavy atom. The van der Waals surface area contributed by atoms with E-state index in [9.17, 15) is 0 Å². The van der Waals surface area contributed by atoms with Crippen molar-refractivity contribution in [2.24, 2.45) is 11.7 Å². The number of hydrogen-bond acceptors (Lipinski definition) is 3. The Labute approximate surface area is 130 Å². The van der Waals surface area contributed by atoms with Gasteiger partial charge in [-0.2, -0.15) is 0 Å². The van der Waals surface area contributed by atoms with Gasteiger partial charge >= 0.3 is 0 Å². The highest BCUT2D eigenvalue weighted by atomic mass is 35.5. The normalized spacial score (nSPS) is 27.9. The summed E-state index contributed by atoms with van der Waals surface area (Å²) in [6.07, 6.45) is 4.34. The maximum Gasteiger partial charge on any atom is 0.134 e. The molecule has 1 aromatic carbocycles. The minimum absolute atomic E-state index is 0.253. The van der Waals surface area contributed by atoms with Crippen LogP contribution in [0.25, 0.3) is 11.0 Å². The predicted molar refractivity (Wildman–Crippen MR) is 85.5 cm³/mol. The predicted octanol–water partition coefficient (Wildman–Crippen LogP) is 4.68. The van der Waals surface area contributed by atoms with Crippen molar-refractivity contribution in [2.45, 2.75) is 44.2 Å². The van der Waals surface area contributed by atoms with Gasteiger partial charge in [-0.25, -0.2) is 0 Å². The van der Waals surface area contributed by atoms with Gasteiger partial charge in [-0.05, 0) is 43.0 Å². The van der Waals surface area contributed by atoms with Crippen molar-refractivity contribution in [2.75, 3.05) is 7.11 Å². The molecule has 4 heteroatoms. The summed E-state index contributed by atoms with van der Waals surface area (Å²) in [4.78, 5) is 0. The molecule has 114 valence electrons. The minimum atomic E-state index is -0.324. The van der Waals surface area contributed by atoms with E-state index < -0.39 is 0 Å². The second-order valence-electron chi connectivity index (χ2n) is 6.28. The minimum Gasteiger partial charge on any atom is -0.459 e. The van der Waals surface area contributed by atoms with Gasteiger partial charge in [-0.3, -0.25) is 0 Å². The summed E-state index contributed by atoms with van der Waals surface area (Å²) >= 11 is 6.03. The zero-order valence-electron chi connectivity index (χ0n) is 12.6. The summed E-state index contributed by atoms with van der Waals surface area (Å²) in [6, 6.07) is 7.36. The average molecular weight is 308 g/mol. The zero-order valence-corrected chi connectivity index (χ0v) is 13.3. The molecule has 1 heterocycles. The lowest BCUT2D eigenvalue weighted by molar-refractivity contribution is -0.0754. The highest BCUT2D eigenvalue weighted by molar-refractivity contribution is 6.31. The van der Waals surface area contributed by atoms with Crippen LogP contribution in [0.4, 0.5) is 0 Å². The second kappa shape index (κ2) is 5.64. The molecule has 3 unspecified atom stereocenters. The van der Waals surface area contributed by atoms with Crippen LogP contribution in [0.2, 0.25) is 5.02 Å². The maximum absolute atomic E-state index is 6.53. The monoisotopic (exact) mass is 307 g/mol. The molecule has 1 saturated carbocycles. The topological polar surface area (TPSA) is 48.4 Å². The van der Waals surface area contributed by atoms with Crippen LogP contribution in [0, 0.1) is 5.92 Å². The first-order valence-corrected chi connectivity index (χ1v) is 7.91. The van der Waals surface area contributed by atoms with Crippen LogP contribution < -0.4 is 5.73 Å². The molecule has 3 nitrogen and oxygen atoms in total. The molecule has 0 aliphatic heterocycles. The number of halogens is 1. The molecule has 0 saturated heterocycles. The number of ether oxygens (including phenoxy) is 1. The van der Waals surface area contributed by atoms with Crippen molar-refractivity contribution in [3.8, 4) is 0 Å². The van der Waals surface area contributed by atoms with Crippen LogP contribution in [0.1, 0.15) is 44.4 Å². The molecule has 1 aliphatic rings. The first-order valence-electron chi connectivity index (χ1n) is 7.54. The van der Waals surface area contributed by atoms with Crippen LogP contribution in [-0.2, 0) is 4.74 Å². The molecule has 21 heavy (non-hydrogen) atoms. The Morgan fingerprint density at radius 1 is 1.43 bits per heavy atom. The van der Waals surface area contributed by atoms with Gasteiger partial charge in [-0.1, -0.05) is 31.4 Å². The van der Waals surface area contributed by atoms with Crippen LogP contribution in [0.3, 0.4) is 0 Å². The average Bonchev–Trinajstić information content (AvgIpc) is 2.89. The lowest BCUT2D eigenvalue weighted by Gasteiger charge is -2.42. The quantitative estimate of drug-likeness (QED) is 0.895. The molecule has 0 amide bonds. The third-order valence-electron chi connectivity index (χ3n) is 4.77. The van der Waals surface area contributed by atoms with Crippen molar-refractivity contribution >= 4 is 22.6 Å². The molecule has 2 N–H and O–H groups in total. The van der Waals surface area contributed by atoms with E-state index in [0.717, 1.165) is 36.0 Å². The molecule has 0 radical (unpaired) electrons. The molecule has 2 aromatic rings. The van der Waals surface area contributed by atoms with E-state index in [-0.39, 0.29) is 11.6 Å². The number of furan rings is 1. The smallest absolute Gasteiger partial charge is 0.134 e. The summed E-state index contributed by atoms with van der Waals surface area (Å²) in [5, 5.41) is 1.69. The molecular weight excluding hydrogens is 286 g/mol. The Balaban J connectivity index is 1.96. The van der Waals surface area contributed by atoms with E-state index in [4.69, 9.17) is 26.5 Å². The van der Waals surface area contributed by atoms with Crippen LogP contribution in [0.5, 0.6) is 0 Å². The summed E-state index contributed by atoms with van der Waals surface area (Å²) in [6.45, 7) is 2.26. The SMILES string of the molecule is COC1(C(N)c2cc3cc(Cl)ccc3o2)CCCC(C)C1. The van der Waals surface area contributed by atoms with Crippen LogP contribution >= 0.6 is 11.6 Å².